The van der Waals surface area contributed by atoms with Crippen molar-refractivity contribution < 1.29 is 14.2 Å². The van der Waals surface area contributed by atoms with Crippen molar-refractivity contribution >= 4 is 0 Å². The molecule has 3 heteroatoms. The van der Waals surface area contributed by atoms with Gasteiger partial charge in [0.15, 0.2) is 0 Å². The van der Waals surface area contributed by atoms with E-state index in [4.69, 9.17) is 14.2 Å². The van der Waals surface area contributed by atoms with Gasteiger partial charge in [0.1, 0.15) is 11.9 Å². The Bertz CT molecular complexity index is 358. The quantitative estimate of drug-likeness (QED) is 0.413. The van der Waals surface area contributed by atoms with Crippen molar-refractivity contribution in [1.82, 2.24) is 0 Å². The molecule has 1 aliphatic heterocycles. The summed E-state index contributed by atoms with van der Waals surface area (Å²) in [6.07, 6.45) is 3.35. The largest absolute Gasteiger partial charge is 0.497 e. The number of hydrogen-bond donors (Lipinski definition) is 0. The van der Waals surface area contributed by atoms with Crippen molar-refractivity contribution in [3.63, 3.8) is 0 Å². The molecular weight excluding hydrogens is 216 g/mol. The Labute approximate surface area is 102 Å². The number of hydrogen-bond acceptors (Lipinski definition) is 3. The number of ether oxygens (including phenoxy) is 3. The van der Waals surface area contributed by atoms with Crippen LogP contribution in [0.5, 0.6) is 5.75 Å². The fourth-order valence-electron chi connectivity index (χ4n) is 1.71. The van der Waals surface area contributed by atoms with E-state index in [1.165, 1.54) is 0 Å². The van der Waals surface area contributed by atoms with Crippen LogP contribution in [-0.2, 0) is 16.1 Å². The van der Waals surface area contributed by atoms with E-state index < -0.39 is 0 Å². The minimum absolute atomic E-state index is 0.250. The van der Waals surface area contributed by atoms with Crippen molar-refractivity contribution in [2.75, 3.05) is 13.7 Å². The van der Waals surface area contributed by atoms with Gasteiger partial charge in [-0.25, -0.2) is 0 Å². The second-order valence-corrected chi connectivity index (χ2v) is 4.06. The fourth-order valence-corrected chi connectivity index (χ4v) is 1.71. The number of benzene rings is 1. The minimum Gasteiger partial charge on any atom is -0.497 e. The lowest BCUT2D eigenvalue weighted by molar-refractivity contribution is 0.113. The lowest BCUT2D eigenvalue weighted by atomic mass is 10.2. The second kappa shape index (κ2) is 5.84. The van der Waals surface area contributed by atoms with E-state index in [2.05, 4.69) is 6.58 Å². The van der Waals surface area contributed by atoms with Gasteiger partial charge in [-0.15, -0.1) is 6.58 Å². The van der Waals surface area contributed by atoms with Gasteiger partial charge in [-0.1, -0.05) is 18.2 Å². The Morgan fingerprint density at radius 1 is 1.35 bits per heavy atom. The average Bonchev–Trinajstić information content (AvgIpc) is 3.14. The standard InChI is InChI=1S/C14H18O3/c1-3-13-14(17-13)8-9-16-10-11-4-6-12(15-2)7-5-11/h3-7,13-14H,1,8-10H2,2H3/t13-,14+/m1/s1. The van der Waals surface area contributed by atoms with Gasteiger partial charge < -0.3 is 14.2 Å². The van der Waals surface area contributed by atoms with Crippen LogP contribution in [-0.4, -0.2) is 25.9 Å². The van der Waals surface area contributed by atoms with E-state index >= 15 is 0 Å². The van der Waals surface area contributed by atoms with E-state index in [0.717, 1.165) is 24.3 Å². The summed E-state index contributed by atoms with van der Waals surface area (Å²) in [5.41, 5.74) is 1.16. The predicted octanol–water partition coefficient (Wildman–Crippen LogP) is 2.56. The summed E-state index contributed by atoms with van der Waals surface area (Å²) in [6.45, 7) is 5.05. The molecule has 1 aromatic rings. The molecule has 0 amide bonds. The second-order valence-electron chi connectivity index (χ2n) is 4.06. The highest BCUT2D eigenvalue weighted by Crippen LogP contribution is 2.25. The summed E-state index contributed by atoms with van der Waals surface area (Å²) in [6, 6.07) is 7.91. The predicted molar refractivity (Wildman–Crippen MR) is 66.1 cm³/mol. The first-order valence-corrected chi connectivity index (χ1v) is 5.82. The minimum atomic E-state index is 0.250. The molecular formula is C14H18O3. The Kier molecular flexibility index (Phi) is 4.18. The van der Waals surface area contributed by atoms with Crippen LogP contribution in [0.1, 0.15) is 12.0 Å². The van der Waals surface area contributed by atoms with Gasteiger partial charge >= 0.3 is 0 Å². The molecule has 0 bridgehead atoms. The Hall–Kier alpha value is -1.32. The zero-order chi connectivity index (χ0) is 12.1. The molecule has 0 unspecified atom stereocenters. The molecule has 1 aromatic carbocycles. The lowest BCUT2D eigenvalue weighted by Gasteiger charge is -2.04. The van der Waals surface area contributed by atoms with Gasteiger partial charge in [-0.05, 0) is 24.1 Å². The summed E-state index contributed by atoms with van der Waals surface area (Å²) in [5, 5.41) is 0. The highest BCUT2D eigenvalue weighted by molar-refractivity contribution is 5.26. The molecule has 0 N–H and O–H groups in total. The Morgan fingerprint density at radius 2 is 2.12 bits per heavy atom. The smallest absolute Gasteiger partial charge is 0.118 e. The van der Waals surface area contributed by atoms with Crippen LogP contribution in [0, 0.1) is 0 Å². The van der Waals surface area contributed by atoms with Gasteiger partial charge in [0.05, 0.1) is 19.8 Å². The fraction of sp³-hybridized carbons (Fsp3) is 0.429. The van der Waals surface area contributed by atoms with Gasteiger partial charge in [0.2, 0.25) is 0 Å². The first kappa shape index (κ1) is 12.1. The first-order chi connectivity index (χ1) is 8.33. The van der Waals surface area contributed by atoms with E-state index in [0.29, 0.717) is 12.7 Å². The molecule has 0 spiro atoms. The normalized spacial score (nSPS) is 22.2. The third-order valence-electron chi connectivity index (χ3n) is 2.83. The number of methoxy groups -OCH3 is 1. The molecule has 2 rings (SSSR count). The molecule has 1 heterocycles. The molecule has 92 valence electrons. The molecule has 2 atom stereocenters. The monoisotopic (exact) mass is 234 g/mol. The molecule has 1 saturated heterocycles. The summed E-state index contributed by atoms with van der Waals surface area (Å²) < 4.78 is 16.0. The third kappa shape index (κ3) is 3.58. The lowest BCUT2D eigenvalue weighted by Crippen LogP contribution is -2.00. The van der Waals surface area contributed by atoms with Crippen LogP contribution in [0.4, 0.5) is 0 Å². The van der Waals surface area contributed by atoms with Crippen molar-refractivity contribution in [3.8, 4) is 5.75 Å². The zero-order valence-electron chi connectivity index (χ0n) is 10.1. The molecule has 0 saturated carbocycles. The van der Waals surface area contributed by atoms with E-state index in [1.807, 2.05) is 30.3 Å². The topological polar surface area (TPSA) is 31.0 Å². The van der Waals surface area contributed by atoms with Crippen LogP contribution >= 0.6 is 0 Å². The summed E-state index contributed by atoms with van der Waals surface area (Å²) in [5.74, 6) is 0.869. The van der Waals surface area contributed by atoms with Gasteiger partial charge in [0, 0.05) is 6.61 Å². The van der Waals surface area contributed by atoms with Crippen LogP contribution in [0.25, 0.3) is 0 Å². The molecule has 1 fully saturated rings. The summed E-state index contributed by atoms with van der Waals surface area (Å²) in [7, 11) is 1.66. The highest BCUT2D eigenvalue weighted by atomic mass is 16.6. The van der Waals surface area contributed by atoms with Gasteiger partial charge in [-0.3, -0.25) is 0 Å². The van der Waals surface area contributed by atoms with Crippen LogP contribution < -0.4 is 4.74 Å². The highest BCUT2D eigenvalue weighted by Gasteiger charge is 2.35. The van der Waals surface area contributed by atoms with E-state index in [9.17, 15) is 0 Å². The maximum Gasteiger partial charge on any atom is 0.118 e. The summed E-state index contributed by atoms with van der Waals surface area (Å²) in [4.78, 5) is 0. The Morgan fingerprint density at radius 3 is 2.71 bits per heavy atom. The maximum atomic E-state index is 5.58. The Balaban J connectivity index is 1.62. The maximum absolute atomic E-state index is 5.58. The van der Waals surface area contributed by atoms with Crippen molar-refractivity contribution in [3.05, 3.63) is 42.5 Å². The molecule has 3 nitrogen and oxygen atoms in total. The first-order valence-electron chi connectivity index (χ1n) is 5.82. The molecule has 1 aliphatic rings. The van der Waals surface area contributed by atoms with Gasteiger partial charge in [-0.2, -0.15) is 0 Å². The molecule has 0 aromatic heterocycles. The zero-order valence-corrected chi connectivity index (χ0v) is 10.1. The summed E-state index contributed by atoms with van der Waals surface area (Å²) >= 11 is 0. The van der Waals surface area contributed by atoms with Crippen molar-refractivity contribution in [2.45, 2.75) is 25.2 Å². The SMILES string of the molecule is C=C[C@H]1O[C@H]1CCOCc1ccc(OC)cc1. The van der Waals surface area contributed by atoms with E-state index in [1.54, 1.807) is 7.11 Å². The van der Waals surface area contributed by atoms with Crippen molar-refractivity contribution in [2.24, 2.45) is 0 Å². The molecule has 0 radical (unpaired) electrons. The number of rotatable bonds is 7. The third-order valence-corrected chi connectivity index (χ3v) is 2.83. The van der Waals surface area contributed by atoms with Gasteiger partial charge in [0.25, 0.3) is 0 Å². The molecule has 17 heavy (non-hydrogen) atoms. The van der Waals surface area contributed by atoms with Crippen LogP contribution in [0.2, 0.25) is 0 Å². The van der Waals surface area contributed by atoms with Crippen molar-refractivity contribution in [1.29, 1.82) is 0 Å². The average molecular weight is 234 g/mol. The van der Waals surface area contributed by atoms with Crippen LogP contribution in [0.15, 0.2) is 36.9 Å². The van der Waals surface area contributed by atoms with Crippen LogP contribution in [0.3, 0.4) is 0 Å². The number of epoxide rings is 1. The molecule has 0 aliphatic carbocycles. The van der Waals surface area contributed by atoms with E-state index in [-0.39, 0.29) is 6.10 Å².